The molecule has 0 saturated carbocycles. The normalized spacial score (nSPS) is 12.8. The molecular weight excluding hydrogens is 398 g/mol. The van der Waals surface area contributed by atoms with Crippen LogP contribution >= 0.6 is 0 Å². The number of aromatic amines is 1. The lowest BCUT2D eigenvalue weighted by Gasteiger charge is -2.11. The summed E-state index contributed by atoms with van der Waals surface area (Å²) >= 11 is 0. The van der Waals surface area contributed by atoms with Gasteiger partial charge in [-0.2, -0.15) is 10.2 Å². The number of nitrogens with zero attached hydrogens (tertiary/aromatic N) is 5. The fourth-order valence-electron chi connectivity index (χ4n) is 2.83. The SMILES string of the molecule is CC(O)c1nc(-c2ccc(-c3cccc(S(N)(=O)=O)c3-c3nn[nH]n3)cc2)no1. The number of aliphatic hydroxyl groups excluding tert-OH is 1. The van der Waals surface area contributed by atoms with Gasteiger partial charge in [0, 0.05) is 5.56 Å². The van der Waals surface area contributed by atoms with Crippen molar-refractivity contribution in [2.24, 2.45) is 5.14 Å². The van der Waals surface area contributed by atoms with Crippen molar-refractivity contribution in [2.75, 3.05) is 0 Å². The Kier molecular flexibility index (Phi) is 4.66. The van der Waals surface area contributed by atoms with E-state index in [4.69, 9.17) is 9.66 Å². The first-order valence-corrected chi connectivity index (χ1v) is 9.91. The zero-order chi connectivity index (χ0) is 20.6. The van der Waals surface area contributed by atoms with Gasteiger partial charge in [-0.1, -0.05) is 41.6 Å². The molecule has 0 saturated heterocycles. The van der Waals surface area contributed by atoms with Gasteiger partial charge in [0.2, 0.25) is 21.7 Å². The third kappa shape index (κ3) is 3.63. The molecule has 0 aliphatic carbocycles. The highest BCUT2D eigenvalue weighted by molar-refractivity contribution is 7.89. The first-order chi connectivity index (χ1) is 13.8. The summed E-state index contributed by atoms with van der Waals surface area (Å²) in [6.45, 7) is 1.53. The number of aromatic nitrogens is 6. The monoisotopic (exact) mass is 413 g/mol. The Morgan fingerprint density at radius 2 is 1.83 bits per heavy atom. The summed E-state index contributed by atoms with van der Waals surface area (Å²) in [5.41, 5.74) is 2.15. The summed E-state index contributed by atoms with van der Waals surface area (Å²) in [7, 11) is -4.02. The van der Waals surface area contributed by atoms with Crippen molar-refractivity contribution in [3.05, 3.63) is 48.4 Å². The molecule has 1 atom stereocenters. The van der Waals surface area contributed by atoms with Crippen LogP contribution < -0.4 is 5.14 Å². The van der Waals surface area contributed by atoms with Crippen LogP contribution in [0.15, 0.2) is 51.9 Å². The van der Waals surface area contributed by atoms with Crippen molar-refractivity contribution in [3.63, 3.8) is 0 Å². The van der Waals surface area contributed by atoms with Gasteiger partial charge in [0.05, 0.1) is 10.5 Å². The number of sulfonamides is 1. The van der Waals surface area contributed by atoms with Crippen LogP contribution in [0.1, 0.15) is 18.9 Å². The Balaban J connectivity index is 1.81. The van der Waals surface area contributed by atoms with Crippen LogP contribution in [0.25, 0.3) is 33.9 Å². The molecule has 0 aliphatic heterocycles. The number of nitrogens with one attached hydrogen (secondary N) is 1. The van der Waals surface area contributed by atoms with E-state index in [-0.39, 0.29) is 22.2 Å². The van der Waals surface area contributed by atoms with Crippen LogP contribution in [-0.4, -0.2) is 44.3 Å². The number of hydrogen-bond donors (Lipinski definition) is 3. The molecule has 0 amide bonds. The van der Waals surface area contributed by atoms with Gasteiger partial charge in [0.1, 0.15) is 6.10 Å². The summed E-state index contributed by atoms with van der Waals surface area (Å²) in [6, 6.07) is 11.7. The van der Waals surface area contributed by atoms with Gasteiger partial charge in [-0.3, -0.25) is 0 Å². The minimum atomic E-state index is -4.02. The first kappa shape index (κ1) is 18.9. The molecule has 0 aliphatic rings. The number of tetrazole rings is 1. The molecule has 1 unspecified atom stereocenters. The number of primary sulfonamides is 1. The Labute approximate surface area is 164 Å². The Morgan fingerprint density at radius 3 is 2.41 bits per heavy atom. The van der Waals surface area contributed by atoms with Gasteiger partial charge in [-0.05, 0) is 29.3 Å². The number of aliphatic hydroxyl groups is 1. The standard InChI is InChI=1S/C17H15N7O4S/c1-9(25)17-19-15(22-28-17)11-7-5-10(6-8-11)12-3-2-4-13(29(18,26)27)14(12)16-20-23-24-21-16/h2-9,25H,1H3,(H2,18,26,27)(H,20,21,23,24). The maximum atomic E-state index is 12.1. The lowest BCUT2D eigenvalue weighted by Crippen LogP contribution is -2.14. The number of benzene rings is 2. The second-order valence-corrected chi connectivity index (χ2v) is 7.70. The second-order valence-electron chi connectivity index (χ2n) is 6.17. The van der Waals surface area contributed by atoms with Crippen LogP contribution in [0.5, 0.6) is 0 Å². The van der Waals surface area contributed by atoms with Crippen LogP contribution in [0.3, 0.4) is 0 Å². The topological polar surface area (TPSA) is 174 Å². The molecule has 2 heterocycles. The van der Waals surface area contributed by atoms with Crippen LogP contribution in [0.2, 0.25) is 0 Å². The fourth-order valence-corrected chi connectivity index (χ4v) is 3.58. The summed E-state index contributed by atoms with van der Waals surface area (Å²) in [5, 5.41) is 32.4. The van der Waals surface area contributed by atoms with Crippen LogP contribution in [0, 0.1) is 0 Å². The fraction of sp³-hybridized carbons (Fsp3) is 0.118. The second kappa shape index (κ2) is 7.16. The Morgan fingerprint density at radius 1 is 1.10 bits per heavy atom. The summed E-state index contributed by atoms with van der Waals surface area (Å²) in [6.07, 6.45) is -0.867. The molecule has 4 aromatic rings. The maximum Gasteiger partial charge on any atom is 0.255 e. The highest BCUT2D eigenvalue weighted by Crippen LogP contribution is 2.35. The number of hydrogen-bond acceptors (Lipinski definition) is 9. The number of rotatable bonds is 5. The molecule has 2 aromatic heterocycles. The van der Waals surface area contributed by atoms with Crippen molar-refractivity contribution < 1.29 is 18.0 Å². The lowest BCUT2D eigenvalue weighted by molar-refractivity contribution is 0.152. The lowest BCUT2D eigenvalue weighted by atomic mass is 9.98. The van der Waals surface area contributed by atoms with E-state index in [0.29, 0.717) is 22.5 Å². The first-order valence-electron chi connectivity index (χ1n) is 8.36. The van der Waals surface area contributed by atoms with Crippen LogP contribution in [-0.2, 0) is 10.0 Å². The molecule has 0 bridgehead atoms. The van der Waals surface area contributed by atoms with E-state index < -0.39 is 16.1 Å². The van der Waals surface area contributed by atoms with Crippen molar-refractivity contribution in [3.8, 4) is 33.9 Å². The predicted octanol–water partition coefficient (Wildman–Crippen LogP) is 1.28. The zero-order valence-electron chi connectivity index (χ0n) is 15.0. The zero-order valence-corrected chi connectivity index (χ0v) is 15.8. The van der Waals surface area contributed by atoms with Crippen molar-refractivity contribution in [1.29, 1.82) is 0 Å². The quantitative estimate of drug-likeness (QED) is 0.435. The molecule has 11 nitrogen and oxygen atoms in total. The van der Waals surface area contributed by atoms with Gasteiger partial charge in [0.15, 0.2) is 0 Å². The highest BCUT2D eigenvalue weighted by atomic mass is 32.2. The summed E-state index contributed by atoms with van der Waals surface area (Å²) in [4.78, 5) is 4.02. The number of nitrogens with two attached hydrogens (primary N) is 1. The Bertz CT molecular complexity index is 1250. The molecule has 2 aromatic carbocycles. The maximum absolute atomic E-state index is 12.1. The predicted molar refractivity (Wildman–Crippen MR) is 100 cm³/mol. The Hall–Kier alpha value is -3.48. The van der Waals surface area contributed by atoms with Gasteiger partial charge in [-0.15, -0.1) is 10.2 Å². The van der Waals surface area contributed by atoms with Gasteiger partial charge in [-0.25, -0.2) is 13.6 Å². The number of H-pyrrole nitrogens is 1. The van der Waals surface area contributed by atoms with Gasteiger partial charge < -0.3 is 9.63 Å². The molecule has 148 valence electrons. The van der Waals surface area contributed by atoms with E-state index in [0.717, 1.165) is 0 Å². The highest BCUT2D eigenvalue weighted by Gasteiger charge is 2.22. The summed E-state index contributed by atoms with van der Waals surface area (Å²) in [5.74, 6) is 0.543. The van der Waals surface area contributed by atoms with E-state index in [1.807, 2.05) is 0 Å². The van der Waals surface area contributed by atoms with Crippen LogP contribution in [0.4, 0.5) is 0 Å². The molecule has 4 rings (SSSR count). The minimum Gasteiger partial charge on any atom is -0.384 e. The van der Waals surface area contributed by atoms with Gasteiger partial charge in [0.25, 0.3) is 5.89 Å². The molecular formula is C17H15N7O4S. The molecule has 4 N–H and O–H groups in total. The third-order valence-corrected chi connectivity index (χ3v) is 5.11. The summed E-state index contributed by atoms with van der Waals surface area (Å²) < 4.78 is 29.1. The smallest absolute Gasteiger partial charge is 0.255 e. The molecule has 29 heavy (non-hydrogen) atoms. The van der Waals surface area contributed by atoms with Crippen molar-refractivity contribution in [2.45, 2.75) is 17.9 Å². The van der Waals surface area contributed by atoms with Crippen molar-refractivity contribution in [1.82, 2.24) is 30.8 Å². The van der Waals surface area contributed by atoms with Crippen molar-refractivity contribution >= 4 is 10.0 Å². The third-order valence-electron chi connectivity index (χ3n) is 4.15. The molecule has 0 radical (unpaired) electrons. The van der Waals surface area contributed by atoms with E-state index in [1.54, 1.807) is 36.4 Å². The molecule has 0 spiro atoms. The minimum absolute atomic E-state index is 0.105. The largest absolute Gasteiger partial charge is 0.384 e. The average Bonchev–Trinajstić information content (AvgIpc) is 3.39. The average molecular weight is 413 g/mol. The van der Waals surface area contributed by atoms with E-state index in [9.17, 15) is 13.5 Å². The van der Waals surface area contributed by atoms with E-state index in [1.165, 1.54) is 13.0 Å². The van der Waals surface area contributed by atoms with E-state index >= 15 is 0 Å². The molecule has 0 fully saturated rings. The molecule has 12 heteroatoms. The van der Waals surface area contributed by atoms with E-state index in [2.05, 4.69) is 30.8 Å². The van der Waals surface area contributed by atoms with Gasteiger partial charge >= 0.3 is 0 Å².